The number of piperidine rings is 1. The van der Waals surface area contributed by atoms with Crippen LogP contribution in [0.2, 0.25) is 0 Å². The zero-order valence-corrected chi connectivity index (χ0v) is 18.9. The highest BCUT2D eigenvalue weighted by Crippen LogP contribution is 2.29. The molecule has 1 unspecified atom stereocenters. The number of carbonyl (C=O) groups is 5. The largest absolute Gasteiger partial charge is 0.354 e. The highest BCUT2D eigenvalue weighted by molar-refractivity contribution is 6.23. The number of anilines is 1. The van der Waals surface area contributed by atoms with Gasteiger partial charge in [-0.2, -0.15) is 0 Å². The molecule has 2 fully saturated rings. The second kappa shape index (κ2) is 9.21. The minimum absolute atomic E-state index is 0.0789. The van der Waals surface area contributed by atoms with Crippen LogP contribution in [0.5, 0.6) is 0 Å². The molecule has 33 heavy (non-hydrogen) atoms. The van der Waals surface area contributed by atoms with E-state index in [1.54, 1.807) is 15.9 Å². The van der Waals surface area contributed by atoms with Crippen molar-refractivity contribution in [1.29, 1.82) is 0 Å². The van der Waals surface area contributed by atoms with Gasteiger partial charge in [0.25, 0.3) is 11.8 Å². The first-order valence-electron chi connectivity index (χ1n) is 11.4. The lowest BCUT2D eigenvalue weighted by Gasteiger charge is -2.28. The number of hydrogen-bond acceptors (Lipinski definition) is 5. The number of hydrogen-bond donors (Lipinski definition) is 2. The maximum Gasteiger partial charge on any atom is 0.321 e. The van der Waals surface area contributed by atoms with E-state index in [1.807, 2.05) is 13.8 Å². The molecule has 10 heteroatoms. The number of nitrogens with zero attached hydrogens (tertiary/aromatic N) is 3. The standard InChI is InChI=1S/C23H29N5O5/c1-14(2)20(30)26-9-4-10-27(12-11-26)23(33)25-15-6-7-16-17(13-15)22(32)28(21(16)31)18-5-3-8-24-19(18)29/h6-7,13-14,18H,3-5,8-12H2,1-2H3,(H,24,29)(H,25,33). The van der Waals surface area contributed by atoms with Gasteiger partial charge < -0.3 is 20.4 Å². The van der Waals surface area contributed by atoms with E-state index in [4.69, 9.17) is 0 Å². The number of amides is 6. The molecular weight excluding hydrogens is 426 g/mol. The van der Waals surface area contributed by atoms with Crippen LogP contribution in [0, 0.1) is 5.92 Å². The van der Waals surface area contributed by atoms with Crippen molar-refractivity contribution in [2.24, 2.45) is 5.92 Å². The smallest absolute Gasteiger partial charge is 0.321 e. The van der Waals surface area contributed by atoms with E-state index in [0.717, 1.165) is 4.90 Å². The maximum atomic E-state index is 13.0. The Morgan fingerprint density at radius 1 is 0.970 bits per heavy atom. The molecule has 0 aromatic heterocycles. The molecule has 0 radical (unpaired) electrons. The topological polar surface area (TPSA) is 119 Å². The first-order chi connectivity index (χ1) is 15.8. The van der Waals surface area contributed by atoms with Gasteiger partial charge >= 0.3 is 6.03 Å². The van der Waals surface area contributed by atoms with E-state index in [1.165, 1.54) is 12.1 Å². The van der Waals surface area contributed by atoms with Crippen molar-refractivity contribution in [2.75, 3.05) is 38.0 Å². The molecule has 0 spiro atoms. The first kappa shape index (κ1) is 22.8. The van der Waals surface area contributed by atoms with Crippen LogP contribution in [-0.4, -0.2) is 83.1 Å². The lowest BCUT2D eigenvalue weighted by Crippen LogP contribution is -2.52. The third-order valence-electron chi connectivity index (χ3n) is 6.33. The van der Waals surface area contributed by atoms with E-state index < -0.39 is 17.9 Å². The van der Waals surface area contributed by atoms with E-state index in [0.29, 0.717) is 57.7 Å². The minimum Gasteiger partial charge on any atom is -0.354 e. The lowest BCUT2D eigenvalue weighted by atomic mass is 10.1. The molecule has 1 aromatic carbocycles. The molecule has 3 heterocycles. The SMILES string of the molecule is CC(C)C(=O)N1CCCN(C(=O)Nc2ccc3c(c2)C(=O)N(C2CCCNC2=O)C3=O)CC1. The summed E-state index contributed by atoms with van der Waals surface area (Å²) in [5.41, 5.74) is 0.809. The summed E-state index contributed by atoms with van der Waals surface area (Å²) in [6.45, 7) is 6.27. The molecule has 0 aliphatic carbocycles. The van der Waals surface area contributed by atoms with Gasteiger partial charge in [0.15, 0.2) is 0 Å². The summed E-state index contributed by atoms with van der Waals surface area (Å²) in [7, 11) is 0. The summed E-state index contributed by atoms with van der Waals surface area (Å²) in [6, 6.07) is 3.45. The Bertz CT molecular complexity index is 1010. The fourth-order valence-electron chi connectivity index (χ4n) is 4.53. The van der Waals surface area contributed by atoms with Gasteiger partial charge in [-0.05, 0) is 37.5 Å². The second-order valence-corrected chi connectivity index (χ2v) is 8.94. The highest BCUT2D eigenvalue weighted by atomic mass is 16.2. The van der Waals surface area contributed by atoms with Crippen molar-refractivity contribution in [3.05, 3.63) is 29.3 Å². The Morgan fingerprint density at radius 3 is 2.39 bits per heavy atom. The van der Waals surface area contributed by atoms with Crippen molar-refractivity contribution >= 4 is 35.3 Å². The Hall–Kier alpha value is -3.43. The van der Waals surface area contributed by atoms with Crippen LogP contribution in [0.3, 0.4) is 0 Å². The average molecular weight is 456 g/mol. The van der Waals surface area contributed by atoms with E-state index in [2.05, 4.69) is 10.6 Å². The molecule has 10 nitrogen and oxygen atoms in total. The van der Waals surface area contributed by atoms with Gasteiger partial charge in [0.1, 0.15) is 6.04 Å². The summed E-state index contributed by atoms with van der Waals surface area (Å²) in [6.07, 6.45) is 1.81. The van der Waals surface area contributed by atoms with Crippen LogP contribution < -0.4 is 10.6 Å². The van der Waals surface area contributed by atoms with Gasteiger partial charge in [-0.15, -0.1) is 0 Å². The summed E-state index contributed by atoms with van der Waals surface area (Å²) < 4.78 is 0. The molecule has 4 rings (SSSR count). The van der Waals surface area contributed by atoms with E-state index >= 15 is 0 Å². The van der Waals surface area contributed by atoms with Gasteiger partial charge in [-0.1, -0.05) is 13.8 Å². The van der Waals surface area contributed by atoms with Gasteiger partial charge in [0.05, 0.1) is 11.1 Å². The number of imide groups is 1. The molecule has 6 amide bonds. The monoisotopic (exact) mass is 455 g/mol. The summed E-state index contributed by atoms with van der Waals surface area (Å²) in [5.74, 6) is -1.34. The zero-order chi connectivity index (χ0) is 23.7. The Morgan fingerprint density at radius 2 is 1.67 bits per heavy atom. The number of nitrogens with one attached hydrogen (secondary N) is 2. The van der Waals surface area contributed by atoms with Crippen molar-refractivity contribution in [2.45, 2.75) is 39.2 Å². The molecule has 0 saturated carbocycles. The Labute approximate surface area is 192 Å². The van der Waals surface area contributed by atoms with E-state index in [-0.39, 0.29) is 34.9 Å². The quantitative estimate of drug-likeness (QED) is 0.666. The lowest BCUT2D eigenvalue weighted by molar-refractivity contribution is -0.134. The predicted molar refractivity (Wildman–Crippen MR) is 120 cm³/mol. The average Bonchev–Trinajstić information content (AvgIpc) is 2.95. The number of urea groups is 1. The van der Waals surface area contributed by atoms with Gasteiger partial charge in [0.2, 0.25) is 11.8 Å². The molecule has 1 aromatic rings. The molecule has 0 bridgehead atoms. The van der Waals surface area contributed by atoms with Crippen LogP contribution in [0.4, 0.5) is 10.5 Å². The molecule has 2 saturated heterocycles. The summed E-state index contributed by atoms with van der Waals surface area (Å²) in [5, 5.41) is 5.50. The molecule has 2 N–H and O–H groups in total. The Balaban J connectivity index is 1.44. The van der Waals surface area contributed by atoms with Gasteiger partial charge in [-0.3, -0.25) is 24.1 Å². The zero-order valence-electron chi connectivity index (χ0n) is 18.9. The summed E-state index contributed by atoms with van der Waals surface area (Å²) in [4.78, 5) is 67.5. The van der Waals surface area contributed by atoms with Crippen LogP contribution in [0.1, 0.15) is 53.8 Å². The number of benzene rings is 1. The third-order valence-corrected chi connectivity index (χ3v) is 6.33. The highest BCUT2D eigenvalue weighted by Gasteiger charge is 2.43. The molecule has 3 aliphatic heterocycles. The van der Waals surface area contributed by atoms with Crippen molar-refractivity contribution in [3.63, 3.8) is 0 Å². The number of fused-ring (bicyclic) bond motifs is 1. The molecular formula is C23H29N5O5. The van der Waals surface area contributed by atoms with Crippen LogP contribution in [0.15, 0.2) is 18.2 Å². The number of rotatable bonds is 3. The fourth-order valence-corrected chi connectivity index (χ4v) is 4.53. The van der Waals surface area contributed by atoms with Crippen LogP contribution in [0.25, 0.3) is 0 Å². The van der Waals surface area contributed by atoms with Crippen LogP contribution >= 0.6 is 0 Å². The Kier molecular flexibility index (Phi) is 6.35. The number of carbonyl (C=O) groups excluding carboxylic acids is 5. The maximum absolute atomic E-state index is 13.0. The normalized spacial score (nSPS) is 21.1. The second-order valence-electron chi connectivity index (χ2n) is 8.94. The van der Waals surface area contributed by atoms with Crippen molar-refractivity contribution in [1.82, 2.24) is 20.0 Å². The summed E-state index contributed by atoms with van der Waals surface area (Å²) >= 11 is 0. The fraction of sp³-hybridized carbons (Fsp3) is 0.522. The van der Waals surface area contributed by atoms with Crippen LogP contribution in [-0.2, 0) is 9.59 Å². The molecule has 1 atom stereocenters. The minimum atomic E-state index is -0.808. The third kappa shape index (κ3) is 4.42. The van der Waals surface area contributed by atoms with Crippen molar-refractivity contribution in [3.8, 4) is 0 Å². The predicted octanol–water partition coefficient (Wildman–Crippen LogP) is 1.28. The van der Waals surface area contributed by atoms with E-state index in [9.17, 15) is 24.0 Å². The molecule has 176 valence electrons. The van der Waals surface area contributed by atoms with Gasteiger partial charge in [-0.25, -0.2) is 4.79 Å². The first-order valence-corrected chi connectivity index (χ1v) is 11.4. The van der Waals surface area contributed by atoms with Crippen molar-refractivity contribution < 1.29 is 24.0 Å². The molecule has 3 aliphatic rings. The van der Waals surface area contributed by atoms with Gasteiger partial charge in [0, 0.05) is 44.3 Å².